The van der Waals surface area contributed by atoms with E-state index in [0.29, 0.717) is 0 Å². The summed E-state index contributed by atoms with van der Waals surface area (Å²) in [5, 5.41) is 3.20. The summed E-state index contributed by atoms with van der Waals surface area (Å²) in [6, 6.07) is 2.02. The van der Waals surface area contributed by atoms with Crippen molar-refractivity contribution in [3.8, 4) is 0 Å². The number of pyridine rings is 1. The van der Waals surface area contributed by atoms with Crippen molar-refractivity contribution in [1.82, 2.24) is 4.98 Å². The van der Waals surface area contributed by atoms with E-state index in [-0.39, 0.29) is 0 Å². The number of halogens is 1. The zero-order valence-electron chi connectivity index (χ0n) is 8.92. The highest BCUT2D eigenvalue weighted by atomic mass is 79.9. The zero-order chi connectivity index (χ0) is 11.3. The summed E-state index contributed by atoms with van der Waals surface area (Å²) in [5.74, 6) is 1.58. The molecule has 5 heteroatoms. The molecule has 3 nitrogen and oxygen atoms in total. The normalized spacial score (nSPS) is 12.5. The fraction of sp³-hybridized carbons (Fsp3) is 0.500. The first-order valence-electron chi connectivity index (χ1n) is 4.75. The number of anilines is 1. The van der Waals surface area contributed by atoms with Gasteiger partial charge in [0.15, 0.2) is 0 Å². The number of hydrogen-bond acceptors (Lipinski definition) is 3. The van der Waals surface area contributed by atoms with E-state index in [1.54, 1.807) is 6.26 Å². The van der Waals surface area contributed by atoms with Crippen LogP contribution in [0.2, 0.25) is 0 Å². The molecule has 1 aromatic rings. The highest BCUT2D eigenvalue weighted by Gasteiger charge is 2.00. The number of hydrogen-bond donors (Lipinski definition) is 1. The molecule has 84 valence electrons. The van der Waals surface area contributed by atoms with Gasteiger partial charge in [0.2, 0.25) is 0 Å². The van der Waals surface area contributed by atoms with Gasteiger partial charge in [-0.15, -0.1) is 0 Å². The van der Waals surface area contributed by atoms with E-state index in [2.05, 4.69) is 26.2 Å². The van der Waals surface area contributed by atoms with Gasteiger partial charge >= 0.3 is 0 Å². The monoisotopic (exact) mass is 290 g/mol. The molecule has 1 rings (SSSR count). The van der Waals surface area contributed by atoms with E-state index >= 15 is 0 Å². The molecule has 0 fully saturated rings. The SMILES string of the molecule is Cc1cnc(NCCCS(C)=O)c(Br)c1. The van der Waals surface area contributed by atoms with Crippen LogP contribution in [-0.4, -0.2) is 27.7 Å². The fourth-order valence-electron chi connectivity index (χ4n) is 1.15. The summed E-state index contributed by atoms with van der Waals surface area (Å²) in [6.45, 7) is 2.80. The third-order valence-electron chi connectivity index (χ3n) is 1.88. The van der Waals surface area contributed by atoms with Gasteiger partial charge in [-0.1, -0.05) is 0 Å². The van der Waals surface area contributed by atoms with Crippen molar-refractivity contribution >= 4 is 32.5 Å². The number of aromatic nitrogens is 1. The van der Waals surface area contributed by atoms with Crippen molar-refractivity contribution in [2.24, 2.45) is 0 Å². The highest BCUT2D eigenvalue weighted by Crippen LogP contribution is 2.20. The van der Waals surface area contributed by atoms with E-state index in [9.17, 15) is 4.21 Å². The first kappa shape index (κ1) is 12.6. The second kappa shape index (κ2) is 6.23. The van der Waals surface area contributed by atoms with Crippen LogP contribution in [0.25, 0.3) is 0 Å². The molecule has 1 atom stereocenters. The molecule has 1 heterocycles. The minimum absolute atomic E-state index is 0.705. The topological polar surface area (TPSA) is 42.0 Å². The lowest BCUT2D eigenvalue weighted by atomic mass is 10.3. The van der Waals surface area contributed by atoms with Gasteiger partial charge in [-0.25, -0.2) is 4.98 Å². The van der Waals surface area contributed by atoms with Gasteiger partial charge < -0.3 is 5.32 Å². The molecule has 1 unspecified atom stereocenters. The van der Waals surface area contributed by atoms with Gasteiger partial charge in [-0.2, -0.15) is 0 Å². The smallest absolute Gasteiger partial charge is 0.140 e. The molecule has 0 aliphatic carbocycles. The highest BCUT2D eigenvalue weighted by molar-refractivity contribution is 9.10. The Morgan fingerprint density at radius 3 is 2.93 bits per heavy atom. The Balaban J connectivity index is 2.40. The summed E-state index contributed by atoms with van der Waals surface area (Å²) in [4.78, 5) is 4.26. The Bertz CT molecular complexity index is 357. The van der Waals surface area contributed by atoms with Gasteiger partial charge in [-0.05, 0) is 40.9 Å². The van der Waals surface area contributed by atoms with Gasteiger partial charge in [-0.3, -0.25) is 4.21 Å². The van der Waals surface area contributed by atoms with Crippen LogP contribution in [0, 0.1) is 6.92 Å². The van der Waals surface area contributed by atoms with Crippen molar-refractivity contribution in [1.29, 1.82) is 0 Å². The summed E-state index contributed by atoms with van der Waals surface area (Å²) >= 11 is 3.44. The van der Waals surface area contributed by atoms with Gasteiger partial charge in [0.25, 0.3) is 0 Å². The number of nitrogens with one attached hydrogen (secondary N) is 1. The predicted octanol–water partition coefficient (Wildman–Crippen LogP) is 2.33. The van der Waals surface area contributed by atoms with Crippen LogP contribution >= 0.6 is 15.9 Å². The maximum Gasteiger partial charge on any atom is 0.140 e. The summed E-state index contributed by atoms with van der Waals surface area (Å²) in [7, 11) is -0.705. The maximum atomic E-state index is 10.8. The molecule has 0 saturated carbocycles. The number of rotatable bonds is 5. The average Bonchev–Trinajstić information content (AvgIpc) is 2.14. The molecule has 0 aromatic carbocycles. The Hall–Kier alpha value is -0.420. The summed E-state index contributed by atoms with van der Waals surface area (Å²) in [5.41, 5.74) is 1.13. The second-order valence-electron chi connectivity index (χ2n) is 3.40. The molecule has 0 bridgehead atoms. The van der Waals surface area contributed by atoms with Crippen molar-refractivity contribution in [2.45, 2.75) is 13.3 Å². The third kappa shape index (κ3) is 4.75. The van der Waals surface area contributed by atoms with E-state index in [0.717, 1.165) is 34.6 Å². The minimum Gasteiger partial charge on any atom is -0.369 e. The third-order valence-corrected chi connectivity index (χ3v) is 3.35. The lowest BCUT2D eigenvalue weighted by Crippen LogP contribution is -2.07. The standard InChI is InChI=1S/C10H15BrN2OS/c1-8-6-9(11)10(13-7-8)12-4-3-5-15(2)14/h6-7H,3-5H2,1-2H3,(H,12,13). The molecule has 0 saturated heterocycles. The van der Waals surface area contributed by atoms with Crippen LogP contribution in [-0.2, 0) is 10.8 Å². The fourth-order valence-corrected chi connectivity index (χ4v) is 2.30. The van der Waals surface area contributed by atoms with Crippen LogP contribution in [0.3, 0.4) is 0 Å². The van der Waals surface area contributed by atoms with Gasteiger partial charge in [0, 0.05) is 35.5 Å². The Morgan fingerprint density at radius 2 is 2.33 bits per heavy atom. The molecular weight excluding hydrogens is 276 g/mol. The van der Waals surface area contributed by atoms with E-state index < -0.39 is 10.8 Å². The largest absolute Gasteiger partial charge is 0.369 e. The molecule has 0 aliphatic rings. The molecule has 0 spiro atoms. The number of aryl methyl sites for hydroxylation is 1. The predicted molar refractivity (Wildman–Crippen MR) is 68.7 cm³/mol. The van der Waals surface area contributed by atoms with Crippen LogP contribution < -0.4 is 5.32 Å². The van der Waals surface area contributed by atoms with Crippen molar-refractivity contribution in [3.05, 3.63) is 22.3 Å². The van der Waals surface area contributed by atoms with Crippen LogP contribution in [0.5, 0.6) is 0 Å². The Kier molecular flexibility index (Phi) is 5.25. The van der Waals surface area contributed by atoms with Crippen LogP contribution in [0.15, 0.2) is 16.7 Å². The molecule has 1 N–H and O–H groups in total. The zero-order valence-corrected chi connectivity index (χ0v) is 11.3. The second-order valence-corrected chi connectivity index (χ2v) is 5.81. The quantitative estimate of drug-likeness (QED) is 0.847. The van der Waals surface area contributed by atoms with Gasteiger partial charge in [0.1, 0.15) is 5.82 Å². The summed E-state index contributed by atoms with van der Waals surface area (Å²) < 4.78 is 11.8. The molecular formula is C10H15BrN2OS. The van der Waals surface area contributed by atoms with Crippen LogP contribution in [0.4, 0.5) is 5.82 Å². The maximum absolute atomic E-state index is 10.8. The first-order valence-corrected chi connectivity index (χ1v) is 7.27. The lowest BCUT2D eigenvalue weighted by molar-refractivity contribution is 0.685. The molecule has 0 amide bonds. The Labute approximate surface area is 101 Å². The molecule has 0 radical (unpaired) electrons. The van der Waals surface area contributed by atoms with E-state index in [1.165, 1.54) is 0 Å². The van der Waals surface area contributed by atoms with Crippen molar-refractivity contribution in [2.75, 3.05) is 23.9 Å². The molecule has 15 heavy (non-hydrogen) atoms. The summed E-state index contributed by atoms with van der Waals surface area (Å²) in [6.07, 6.45) is 4.44. The van der Waals surface area contributed by atoms with Crippen molar-refractivity contribution in [3.63, 3.8) is 0 Å². The van der Waals surface area contributed by atoms with Crippen molar-refractivity contribution < 1.29 is 4.21 Å². The first-order chi connectivity index (χ1) is 7.09. The average molecular weight is 291 g/mol. The van der Waals surface area contributed by atoms with Gasteiger partial charge in [0.05, 0.1) is 4.47 Å². The Morgan fingerprint density at radius 1 is 1.60 bits per heavy atom. The van der Waals surface area contributed by atoms with Crippen LogP contribution in [0.1, 0.15) is 12.0 Å². The van der Waals surface area contributed by atoms with E-state index in [1.807, 2.05) is 19.2 Å². The molecule has 1 aromatic heterocycles. The molecule has 0 aliphatic heterocycles. The number of nitrogens with zero attached hydrogens (tertiary/aromatic N) is 1. The minimum atomic E-state index is -0.705. The lowest BCUT2D eigenvalue weighted by Gasteiger charge is -2.07. The van der Waals surface area contributed by atoms with E-state index in [4.69, 9.17) is 0 Å².